The number of benzene rings is 1. The topological polar surface area (TPSA) is 75.7 Å². The van der Waals surface area contributed by atoms with E-state index in [-0.39, 0.29) is 11.0 Å². The Morgan fingerprint density at radius 3 is 3.00 bits per heavy atom. The largest absolute Gasteiger partial charge is 0.491 e. The predicted octanol–water partition coefficient (Wildman–Crippen LogP) is 3.29. The lowest BCUT2D eigenvalue weighted by atomic mass is 10.3. The van der Waals surface area contributed by atoms with Gasteiger partial charge in [-0.15, -0.1) is 0 Å². The van der Waals surface area contributed by atoms with Crippen molar-refractivity contribution in [2.45, 2.75) is 6.92 Å². The lowest BCUT2D eigenvalue weighted by molar-refractivity contribution is 0.321. The number of nitrogens with zero attached hydrogens (tertiary/aromatic N) is 3. The third-order valence-electron chi connectivity index (χ3n) is 2.75. The van der Waals surface area contributed by atoms with E-state index in [1.165, 1.54) is 12.4 Å². The Kier molecular flexibility index (Phi) is 3.57. The van der Waals surface area contributed by atoms with Gasteiger partial charge in [-0.3, -0.25) is 0 Å². The number of hydrogen-bond donors (Lipinski definition) is 2. The van der Waals surface area contributed by atoms with Crippen molar-refractivity contribution in [2.75, 3.05) is 11.9 Å². The van der Waals surface area contributed by atoms with Crippen molar-refractivity contribution in [2.24, 2.45) is 0 Å². The highest BCUT2D eigenvalue weighted by molar-refractivity contribution is 6.28. The van der Waals surface area contributed by atoms with E-state index in [9.17, 15) is 4.39 Å². The van der Waals surface area contributed by atoms with Crippen molar-refractivity contribution < 1.29 is 9.13 Å². The summed E-state index contributed by atoms with van der Waals surface area (Å²) in [5, 5.41) is 3.04. The number of nitrogens with one attached hydrogen (secondary N) is 2. The smallest absolute Gasteiger partial charge is 0.226 e. The molecule has 3 rings (SSSR count). The standard InChI is InChI=1S/C13H11ClFN5O/c1-2-21-9-4-3-7(5-8(9)15)18-12-10-11(17-6-16-10)19-13(14)20-12/h3-6H,2H2,1H3,(H2,16,17,18,19,20). The summed E-state index contributed by atoms with van der Waals surface area (Å²) in [7, 11) is 0. The second-order valence-corrected chi connectivity index (χ2v) is 4.48. The maximum absolute atomic E-state index is 13.8. The molecule has 0 unspecified atom stereocenters. The van der Waals surface area contributed by atoms with Gasteiger partial charge in [0, 0.05) is 11.8 Å². The van der Waals surface area contributed by atoms with Crippen molar-refractivity contribution in [1.82, 2.24) is 19.9 Å². The second-order valence-electron chi connectivity index (χ2n) is 4.15. The third kappa shape index (κ3) is 2.73. The van der Waals surface area contributed by atoms with E-state index in [1.54, 1.807) is 19.1 Å². The number of anilines is 2. The van der Waals surface area contributed by atoms with E-state index in [0.29, 0.717) is 29.3 Å². The minimum Gasteiger partial charge on any atom is -0.491 e. The Labute approximate surface area is 124 Å². The quantitative estimate of drug-likeness (QED) is 0.723. The molecule has 2 heterocycles. The van der Waals surface area contributed by atoms with Crippen LogP contribution in [0.25, 0.3) is 11.2 Å². The first-order valence-corrected chi connectivity index (χ1v) is 6.61. The summed E-state index contributed by atoms with van der Waals surface area (Å²) < 4.78 is 19.0. The number of halogens is 2. The fourth-order valence-corrected chi connectivity index (χ4v) is 2.05. The molecule has 21 heavy (non-hydrogen) atoms. The minimum absolute atomic E-state index is 0.0588. The number of fused-ring (bicyclic) bond motifs is 1. The summed E-state index contributed by atoms with van der Waals surface area (Å²) in [4.78, 5) is 15.0. The molecule has 0 spiro atoms. The molecule has 1 aromatic carbocycles. The molecule has 0 aliphatic carbocycles. The van der Waals surface area contributed by atoms with Crippen molar-refractivity contribution in [3.63, 3.8) is 0 Å². The van der Waals surface area contributed by atoms with Gasteiger partial charge in [-0.2, -0.15) is 9.97 Å². The molecule has 0 aliphatic heterocycles. The molecule has 0 amide bonds. The molecule has 2 aromatic heterocycles. The average molecular weight is 308 g/mol. The molecule has 0 bridgehead atoms. The first-order chi connectivity index (χ1) is 10.2. The van der Waals surface area contributed by atoms with Gasteiger partial charge in [-0.05, 0) is 30.7 Å². The van der Waals surface area contributed by atoms with Crippen LogP contribution >= 0.6 is 11.6 Å². The minimum atomic E-state index is -0.456. The molecule has 0 saturated heterocycles. The second kappa shape index (κ2) is 5.53. The number of aromatic amines is 1. The molecule has 2 N–H and O–H groups in total. The van der Waals surface area contributed by atoms with Gasteiger partial charge in [0.15, 0.2) is 23.0 Å². The van der Waals surface area contributed by atoms with Crippen LogP contribution in [0.5, 0.6) is 5.75 Å². The highest BCUT2D eigenvalue weighted by atomic mass is 35.5. The molecule has 0 saturated carbocycles. The molecule has 3 aromatic rings. The molecule has 8 heteroatoms. The Morgan fingerprint density at radius 1 is 1.38 bits per heavy atom. The molecule has 0 fully saturated rings. The lowest BCUT2D eigenvalue weighted by Crippen LogP contribution is -1.99. The van der Waals surface area contributed by atoms with Gasteiger partial charge in [0.05, 0.1) is 12.9 Å². The van der Waals surface area contributed by atoms with E-state index < -0.39 is 5.82 Å². The van der Waals surface area contributed by atoms with Crippen LogP contribution in [0, 0.1) is 5.82 Å². The van der Waals surface area contributed by atoms with Gasteiger partial charge >= 0.3 is 0 Å². The van der Waals surface area contributed by atoms with Crippen LogP contribution in [0.15, 0.2) is 24.5 Å². The van der Waals surface area contributed by atoms with Crippen LogP contribution in [-0.2, 0) is 0 Å². The maximum Gasteiger partial charge on any atom is 0.226 e. The number of H-pyrrole nitrogens is 1. The molecular formula is C13H11ClFN5O. The van der Waals surface area contributed by atoms with Crippen LogP contribution < -0.4 is 10.1 Å². The monoisotopic (exact) mass is 307 g/mol. The molecule has 6 nitrogen and oxygen atoms in total. The highest BCUT2D eigenvalue weighted by Gasteiger charge is 2.10. The van der Waals surface area contributed by atoms with Gasteiger partial charge in [0.1, 0.15) is 5.52 Å². The van der Waals surface area contributed by atoms with Crippen LogP contribution in [0.1, 0.15) is 6.92 Å². The maximum atomic E-state index is 13.8. The predicted molar refractivity (Wildman–Crippen MR) is 77.5 cm³/mol. The van der Waals surface area contributed by atoms with Crippen LogP contribution in [0.4, 0.5) is 15.9 Å². The van der Waals surface area contributed by atoms with Gasteiger partial charge in [-0.25, -0.2) is 9.37 Å². The van der Waals surface area contributed by atoms with Crippen molar-refractivity contribution in [1.29, 1.82) is 0 Å². The third-order valence-corrected chi connectivity index (χ3v) is 2.92. The van der Waals surface area contributed by atoms with E-state index >= 15 is 0 Å². The Hall–Kier alpha value is -2.41. The van der Waals surface area contributed by atoms with Crippen molar-refractivity contribution >= 4 is 34.3 Å². The number of imidazole rings is 1. The van der Waals surface area contributed by atoms with E-state index in [2.05, 4.69) is 25.3 Å². The Morgan fingerprint density at radius 2 is 2.24 bits per heavy atom. The van der Waals surface area contributed by atoms with Gasteiger partial charge < -0.3 is 15.0 Å². The SMILES string of the molecule is CCOc1ccc(Nc2nc(Cl)nc3nc[nH]c23)cc1F. The van der Waals surface area contributed by atoms with Crippen LogP contribution in [-0.4, -0.2) is 26.5 Å². The lowest BCUT2D eigenvalue weighted by Gasteiger charge is -2.09. The average Bonchev–Trinajstić information content (AvgIpc) is 2.90. The summed E-state index contributed by atoms with van der Waals surface area (Å²) in [6.45, 7) is 2.20. The number of hydrogen-bond acceptors (Lipinski definition) is 5. The van der Waals surface area contributed by atoms with E-state index in [1.807, 2.05) is 0 Å². The number of aromatic nitrogens is 4. The zero-order chi connectivity index (χ0) is 14.8. The summed E-state index contributed by atoms with van der Waals surface area (Å²) in [5.41, 5.74) is 1.54. The normalized spacial score (nSPS) is 10.8. The van der Waals surface area contributed by atoms with Crippen LogP contribution in [0.2, 0.25) is 5.28 Å². The zero-order valence-corrected chi connectivity index (χ0v) is 11.8. The van der Waals surface area contributed by atoms with Crippen molar-refractivity contribution in [3.05, 3.63) is 35.6 Å². The molecule has 0 atom stereocenters. The van der Waals surface area contributed by atoms with Gasteiger partial charge in [-0.1, -0.05) is 0 Å². The molecule has 0 aliphatic rings. The fourth-order valence-electron chi connectivity index (χ4n) is 1.88. The molecule has 108 valence electrons. The first-order valence-electron chi connectivity index (χ1n) is 6.23. The van der Waals surface area contributed by atoms with Gasteiger partial charge in [0.25, 0.3) is 0 Å². The fraction of sp³-hybridized carbons (Fsp3) is 0.154. The Bertz CT molecular complexity index is 791. The molecular weight excluding hydrogens is 297 g/mol. The number of rotatable bonds is 4. The van der Waals surface area contributed by atoms with E-state index in [4.69, 9.17) is 16.3 Å². The number of ether oxygens (including phenoxy) is 1. The highest BCUT2D eigenvalue weighted by Crippen LogP contribution is 2.26. The summed E-state index contributed by atoms with van der Waals surface area (Å²) >= 11 is 5.83. The summed E-state index contributed by atoms with van der Waals surface area (Å²) in [6, 6.07) is 4.56. The Balaban J connectivity index is 1.95. The van der Waals surface area contributed by atoms with Crippen LogP contribution in [0.3, 0.4) is 0 Å². The summed E-state index contributed by atoms with van der Waals surface area (Å²) in [5.74, 6) is 0.171. The zero-order valence-electron chi connectivity index (χ0n) is 11.0. The van der Waals surface area contributed by atoms with Gasteiger partial charge in [0.2, 0.25) is 5.28 Å². The molecule has 0 radical (unpaired) electrons. The first kappa shape index (κ1) is 13.6. The van der Waals surface area contributed by atoms with Crippen molar-refractivity contribution in [3.8, 4) is 5.75 Å². The van der Waals surface area contributed by atoms with E-state index in [0.717, 1.165) is 0 Å². The summed E-state index contributed by atoms with van der Waals surface area (Å²) in [6.07, 6.45) is 1.49.